The lowest BCUT2D eigenvalue weighted by atomic mass is 9.84. The zero-order valence-electron chi connectivity index (χ0n) is 18.3. The van der Waals surface area contributed by atoms with Crippen LogP contribution in [0.5, 0.6) is 0 Å². The molecule has 0 aromatic heterocycles. The summed E-state index contributed by atoms with van der Waals surface area (Å²) in [4.78, 5) is 25.4. The van der Waals surface area contributed by atoms with Crippen LogP contribution in [0.25, 0.3) is 0 Å². The molecule has 0 spiro atoms. The normalized spacial score (nSPS) is 25.4. The van der Waals surface area contributed by atoms with E-state index < -0.39 is 11.6 Å². The number of rotatable bonds is 3. The Hall–Kier alpha value is -2.86. The highest BCUT2D eigenvalue weighted by Gasteiger charge is 2.49. The molecule has 164 valence electrons. The van der Waals surface area contributed by atoms with Crippen molar-refractivity contribution in [3.8, 4) is 0 Å². The Balaban J connectivity index is 1.37. The number of nitrogens with zero attached hydrogens (tertiary/aromatic N) is 1. The number of hydrogen-bond donors (Lipinski definition) is 3. The summed E-state index contributed by atoms with van der Waals surface area (Å²) in [5.41, 5.74) is 2.21. The maximum atomic E-state index is 12.7. The molecule has 6 nitrogen and oxygen atoms in total. The summed E-state index contributed by atoms with van der Waals surface area (Å²) in [6.45, 7) is 7.77. The molecular weight excluding hydrogens is 392 g/mol. The molecule has 2 aliphatic rings. The van der Waals surface area contributed by atoms with Crippen molar-refractivity contribution in [2.75, 3.05) is 18.4 Å². The monoisotopic (exact) mass is 422 g/mol. The fourth-order valence-corrected chi connectivity index (χ4v) is 4.93. The third kappa shape index (κ3) is 4.30. The SMILES string of the molecule is CC(C)(C)c1ccc(C2(O)CC3CN(C(=O)Nc4ccc(C(=O)O)cc4)CC3C2)cc1. The molecule has 2 amide bonds. The van der Waals surface area contributed by atoms with Crippen molar-refractivity contribution < 1.29 is 19.8 Å². The number of fused-ring (bicyclic) bond motifs is 1. The number of benzene rings is 2. The molecule has 1 saturated heterocycles. The number of aromatic carboxylic acids is 1. The van der Waals surface area contributed by atoms with Gasteiger partial charge in [0, 0.05) is 18.8 Å². The molecule has 2 fully saturated rings. The molecule has 2 aromatic carbocycles. The molecule has 2 aromatic rings. The lowest BCUT2D eigenvalue weighted by molar-refractivity contribution is 0.0328. The first kappa shape index (κ1) is 21.4. The Morgan fingerprint density at radius 1 is 0.968 bits per heavy atom. The lowest BCUT2D eigenvalue weighted by Crippen LogP contribution is -2.35. The number of urea groups is 1. The summed E-state index contributed by atoms with van der Waals surface area (Å²) in [7, 11) is 0. The van der Waals surface area contributed by atoms with Gasteiger partial charge in [-0.15, -0.1) is 0 Å². The van der Waals surface area contributed by atoms with E-state index in [-0.39, 0.29) is 28.8 Å². The van der Waals surface area contributed by atoms with Gasteiger partial charge in [0.2, 0.25) is 0 Å². The second-order valence-electron chi connectivity index (χ2n) is 10.0. The number of carbonyl (C=O) groups excluding carboxylic acids is 1. The van der Waals surface area contributed by atoms with E-state index in [0.29, 0.717) is 31.6 Å². The first-order valence-corrected chi connectivity index (χ1v) is 10.8. The number of aliphatic hydroxyl groups is 1. The van der Waals surface area contributed by atoms with Gasteiger partial charge >= 0.3 is 12.0 Å². The van der Waals surface area contributed by atoms with Crippen molar-refractivity contribution >= 4 is 17.7 Å². The maximum Gasteiger partial charge on any atom is 0.335 e. The van der Waals surface area contributed by atoms with Crippen LogP contribution in [-0.2, 0) is 11.0 Å². The second-order valence-corrected chi connectivity index (χ2v) is 10.0. The maximum absolute atomic E-state index is 12.7. The summed E-state index contributed by atoms with van der Waals surface area (Å²) >= 11 is 0. The van der Waals surface area contributed by atoms with Gasteiger partial charge < -0.3 is 20.4 Å². The molecule has 2 unspecified atom stereocenters. The quantitative estimate of drug-likeness (QED) is 0.682. The number of carboxylic acid groups (broad SMARTS) is 1. The van der Waals surface area contributed by atoms with Crippen LogP contribution in [0.3, 0.4) is 0 Å². The van der Waals surface area contributed by atoms with E-state index in [1.54, 1.807) is 17.0 Å². The van der Waals surface area contributed by atoms with Gasteiger partial charge in [-0.25, -0.2) is 9.59 Å². The summed E-state index contributed by atoms with van der Waals surface area (Å²) in [5.74, 6) is -0.453. The fourth-order valence-electron chi connectivity index (χ4n) is 4.93. The van der Waals surface area contributed by atoms with E-state index >= 15 is 0 Å². The fraction of sp³-hybridized carbons (Fsp3) is 0.440. The van der Waals surface area contributed by atoms with Gasteiger partial charge in [0.05, 0.1) is 11.2 Å². The molecule has 1 saturated carbocycles. The van der Waals surface area contributed by atoms with Crippen molar-refractivity contribution in [1.29, 1.82) is 0 Å². The van der Waals surface area contributed by atoms with Crippen LogP contribution < -0.4 is 5.32 Å². The third-order valence-corrected chi connectivity index (χ3v) is 6.73. The molecule has 6 heteroatoms. The van der Waals surface area contributed by atoms with Gasteiger partial charge in [-0.3, -0.25) is 0 Å². The summed E-state index contributed by atoms with van der Waals surface area (Å²) in [6.07, 6.45) is 1.31. The van der Waals surface area contributed by atoms with E-state index in [1.165, 1.54) is 17.7 Å². The van der Waals surface area contributed by atoms with Crippen LogP contribution >= 0.6 is 0 Å². The van der Waals surface area contributed by atoms with E-state index in [0.717, 1.165) is 5.56 Å². The molecule has 0 radical (unpaired) electrons. The van der Waals surface area contributed by atoms with Gasteiger partial charge in [0.15, 0.2) is 0 Å². The van der Waals surface area contributed by atoms with E-state index in [1.807, 2.05) is 12.1 Å². The van der Waals surface area contributed by atoms with Crippen molar-refractivity contribution in [3.63, 3.8) is 0 Å². The topological polar surface area (TPSA) is 89.9 Å². The molecular formula is C25H30N2O4. The Labute approximate surface area is 182 Å². The molecule has 2 atom stereocenters. The highest BCUT2D eigenvalue weighted by Crippen LogP contribution is 2.49. The predicted octanol–water partition coefficient (Wildman–Crippen LogP) is 4.44. The number of nitrogens with one attached hydrogen (secondary N) is 1. The van der Waals surface area contributed by atoms with Gasteiger partial charge in [-0.05, 0) is 65.5 Å². The van der Waals surface area contributed by atoms with Crippen molar-refractivity contribution in [2.45, 2.75) is 44.6 Å². The zero-order valence-corrected chi connectivity index (χ0v) is 18.3. The average Bonchev–Trinajstić information content (AvgIpc) is 3.24. The van der Waals surface area contributed by atoms with Crippen LogP contribution in [0, 0.1) is 11.8 Å². The Bertz CT molecular complexity index is 962. The third-order valence-electron chi connectivity index (χ3n) is 6.73. The van der Waals surface area contributed by atoms with Gasteiger partial charge in [-0.2, -0.15) is 0 Å². The van der Waals surface area contributed by atoms with Gasteiger partial charge in [0.25, 0.3) is 0 Å². The molecule has 1 aliphatic carbocycles. The Morgan fingerprint density at radius 2 is 1.52 bits per heavy atom. The lowest BCUT2D eigenvalue weighted by Gasteiger charge is -2.28. The van der Waals surface area contributed by atoms with Crippen LogP contribution in [0.15, 0.2) is 48.5 Å². The van der Waals surface area contributed by atoms with Crippen LogP contribution in [0.2, 0.25) is 0 Å². The number of hydrogen-bond acceptors (Lipinski definition) is 3. The van der Waals surface area contributed by atoms with Crippen molar-refractivity contribution in [3.05, 3.63) is 65.2 Å². The van der Waals surface area contributed by atoms with Crippen LogP contribution in [-0.4, -0.2) is 40.2 Å². The molecule has 1 aliphatic heterocycles. The summed E-state index contributed by atoms with van der Waals surface area (Å²) < 4.78 is 0. The number of amides is 2. The van der Waals surface area contributed by atoms with Crippen LogP contribution in [0.1, 0.15) is 55.1 Å². The Kier molecular flexibility index (Phi) is 5.30. The van der Waals surface area contributed by atoms with Gasteiger partial charge in [0.1, 0.15) is 0 Å². The van der Waals surface area contributed by atoms with Gasteiger partial charge in [-0.1, -0.05) is 45.0 Å². The summed E-state index contributed by atoms with van der Waals surface area (Å²) in [5, 5.41) is 23.1. The number of likely N-dealkylation sites (tertiary alicyclic amines) is 1. The standard InChI is InChI=1S/C25H30N2O4/c1-24(2,3)19-6-8-20(9-7-19)25(31)12-17-14-27(15-18(17)13-25)23(30)26-21-10-4-16(5-11-21)22(28)29/h4-11,17-18,31H,12-15H2,1-3H3,(H,26,30)(H,28,29). The minimum Gasteiger partial charge on any atom is -0.478 e. The average molecular weight is 423 g/mol. The van der Waals surface area contributed by atoms with Crippen molar-refractivity contribution in [2.24, 2.45) is 11.8 Å². The second kappa shape index (κ2) is 7.68. The first-order chi connectivity index (χ1) is 14.5. The first-order valence-electron chi connectivity index (χ1n) is 10.8. The minimum absolute atomic E-state index is 0.0785. The number of anilines is 1. The van der Waals surface area contributed by atoms with Crippen molar-refractivity contribution in [1.82, 2.24) is 4.90 Å². The zero-order chi connectivity index (χ0) is 22.4. The van der Waals surface area contributed by atoms with E-state index in [4.69, 9.17) is 5.11 Å². The highest BCUT2D eigenvalue weighted by molar-refractivity contribution is 5.91. The largest absolute Gasteiger partial charge is 0.478 e. The van der Waals surface area contributed by atoms with E-state index in [9.17, 15) is 14.7 Å². The molecule has 3 N–H and O–H groups in total. The highest BCUT2D eigenvalue weighted by atomic mass is 16.4. The van der Waals surface area contributed by atoms with E-state index in [2.05, 4.69) is 38.2 Å². The number of carbonyl (C=O) groups is 2. The minimum atomic E-state index is -0.995. The molecule has 4 rings (SSSR count). The Morgan fingerprint density at radius 3 is 2.00 bits per heavy atom. The molecule has 1 heterocycles. The molecule has 0 bridgehead atoms. The predicted molar refractivity (Wildman–Crippen MR) is 119 cm³/mol. The van der Waals surface area contributed by atoms with Crippen LogP contribution in [0.4, 0.5) is 10.5 Å². The number of carboxylic acids is 1. The molecule has 31 heavy (non-hydrogen) atoms. The summed E-state index contributed by atoms with van der Waals surface area (Å²) in [6, 6.07) is 14.3. The smallest absolute Gasteiger partial charge is 0.335 e.